The van der Waals surface area contributed by atoms with Crippen molar-refractivity contribution >= 4 is 17.4 Å². The van der Waals surface area contributed by atoms with Crippen LogP contribution in [-0.2, 0) is 9.59 Å². The van der Waals surface area contributed by atoms with Gasteiger partial charge in [-0.15, -0.1) is 0 Å². The molecule has 1 saturated heterocycles. The van der Waals surface area contributed by atoms with Gasteiger partial charge >= 0.3 is 0 Å². The summed E-state index contributed by atoms with van der Waals surface area (Å²) in [5.74, 6) is -0.264. The highest BCUT2D eigenvalue weighted by Crippen LogP contribution is 2.42. The van der Waals surface area contributed by atoms with Gasteiger partial charge in [0.1, 0.15) is 5.76 Å². The molecular formula is C29H38N2O5. The maximum Gasteiger partial charge on any atom is 0.295 e. The Balaban J connectivity index is 2.05. The molecule has 1 aliphatic rings. The SMILES string of the molecule is CCCCCOc1ccc(C2C(=C(O)c3ccccc3)C(=O)C(=O)N2CCCN(C)C)cc1OCC. The topological polar surface area (TPSA) is 79.3 Å². The number of nitrogens with zero attached hydrogens (tertiary/aromatic N) is 2. The number of hydrogen-bond donors (Lipinski definition) is 1. The molecule has 36 heavy (non-hydrogen) atoms. The molecule has 0 aliphatic carbocycles. The number of aliphatic hydroxyl groups is 1. The lowest BCUT2D eigenvalue weighted by Crippen LogP contribution is -2.32. The maximum atomic E-state index is 13.2. The van der Waals surface area contributed by atoms with E-state index in [4.69, 9.17) is 9.47 Å². The van der Waals surface area contributed by atoms with Gasteiger partial charge in [-0.25, -0.2) is 0 Å². The smallest absolute Gasteiger partial charge is 0.295 e. The van der Waals surface area contributed by atoms with Gasteiger partial charge in [-0.05, 0) is 58.1 Å². The number of rotatable bonds is 13. The Morgan fingerprint density at radius 3 is 2.39 bits per heavy atom. The number of amides is 1. The standard InChI is InChI=1S/C29H38N2O5/c1-5-7-11-19-36-23-16-15-22(20-24(23)35-6-2)26-25(27(32)21-13-9-8-10-14-21)28(33)29(34)31(26)18-12-17-30(3)4/h8-10,13-16,20,26,32H,5-7,11-12,17-19H2,1-4H3. The van der Waals surface area contributed by atoms with Gasteiger partial charge in [-0.3, -0.25) is 9.59 Å². The van der Waals surface area contributed by atoms with Gasteiger partial charge in [0.2, 0.25) is 0 Å². The Kier molecular flexibility index (Phi) is 9.94. The predicted octanol–water partition coefficient (Wildman–Crippen LogP) is 5.03. The first-order valence-electron chi connectivity index (χ1n) is 12.8. The average molecular weight is 495 g/mol. The number of ketones is 1. The van der Waals surface area contributed by atoms with E-state index >= 15 is 0 Å². The van der Waals surface area contributed by atoms with Crippen LogP contribution in [0.15, 0.2) is 54.1 Å². The molecule has 1 fully saturated rings. The number of aliphatic hydroxyl groups excluding tert-OH is 1. The van der Waals surface area contributed by atoms with Crippen molar-refractivity contribution < 1.29 is 24.2 Å². The lowest BCUT2D eigenvalue weighted by atomic mass is 9.95. The second kappa shape index (κ2) is 13.1. The van der Waals surface area contributed by atoms with E-state index in [0.29, 0.717) is 48.8 Å². The van der Waals surface area contributed by atoms with E-state index in [1.165, 1.54) is 0 Å². The fourth-order valence-corrected chi connectivity index (χ4v) is 4.38. The van der Waals surface area contributed by atoms with Crippen LogP contribution in [-0.4, -0.2) is 67.0 Å². The molecule has 2 aromatic carbocycles. The normalized spacial score (nSPS) is 17.1. The van der Waals surface area contributed by atoms with Crippen molar-refractivity contribution in [3.05, 3.63) is 65.2 Å². The van der Waals surface area contributed by atoms with Crippen LogP contribution < -0.4 is 9.47 Å². The van der Waals surface area contributed by atoms with Crippen molar-refractivity contribution in [1.29, 1.82) is 0 Å². The van der Waals surface area contributed by atoms with E-state index in [0.717, 1.165) is 25.8 Å². The number of carbonyl (C=O) groups is 2. The van der Waals surface area contributed by atoms with Gasteiger partial charge < -0.3 is 24.4 Å². The summed E-state index contributed by atoms with van der Waals surface area (Å²) in [6, 6.07) is 13.6. The van der Waals surface area contributed by atoms with Gasteiger partial charge in [0.05, 0.1) is 24.8 Å². The highest BCUT2D eigenvalue weighted by Gasteiger charge is 2.46. The summed E-state index contributed by atoms with van der Waals surface area (Å²) in [5.41, 5.74) is 1.28. The Hall–Kier alpha value is -3.32. The third-order valence-electron chi connectivity index (χ3n) is 6.18. The molecule has 1 heterocycles. The van der Waals surface area contributed by atoms with Crippen molar-refractivity contribution in [3.8, 4) is 11.5 Å². The van der Waals surface area contributed by atoms with Gasteiger partial charge in [0, 0.05) is 12.1 Å². The van der Waals surface area contributed by atoms with Crippen molar-refractivity contribution in [1.82, 2.24) is 9.80 Å². The molecule has 0 spiro atoms. The highest BCUT2D eigenvalue weighted by molar-refractivity contribution is 6.46. The van der Waals surface area contributed by atoms with Crippen molar-refractivity contribution in [2.45, 2.75) is 45.6 Å². The number of carbonyl (C=O) groups excluding carboxylic acids is 2. The van der Waals surface area contributed by atoms with Crippen LogP contribution in [0.1, 0.15) is 56.7 Å². The second-order valence-electron chi connectivity index (χ2n) is 9.21. The molecular weight excluding hydrogens is 456 g/mol. The largest absolute Gasteiger partial charge is 0.507 e. The number of hydrogen-bond acceptors (Lipinski definition) is 6. The molecule has 0 saturated carbocycles. The van der Waals surface area contributed by atoms with Crippen molar-refractivity contribution in [2.75, 3.05) is 40.4 Å². The summed E-state index contributed by atoms with van der Waals surface area (Å²) >= 11 is 0. The zero-order valence-corrected chi connectivity index (χ0v) is 21.8. The number of ether oxygens (including phenoxy) is 2. The lowest BCUT2D eigenvalue weighted by molar-refractivity contribution is -0.139. The first kappa shape index (κ1) is 27.3. The predicted molar refractivity (Wildman–Crippen MR) is 141 cm³/mol. The molecule has 0 bridgehead atoms. The summed E-state index contributed by atoms with van der Waals surface area (Å²) in [7, 11) is 3.93. The number of benzene rings is 2. The van der Waals surface area contributed by atoms with Crippen LogP contribution >= 0.6 is 0 Å². The van der Waals surface area contributed by atoms with Crippen LogP contribution in [0.3, 0.4) is 0 Å². The molecule has 1 amide bonds. The molecule has 7 nitrogen and oxygen atoms in total. The minimum Gasteiger partial charge on any atom is -0.507 e. The Labute approximate surface area is 214 Å². The average Bonchev–Trinajstić information content (AvgIpc) is 3.12. The van der Waals surface area contributed by atoms with E-state index in [-0.39, 0.29) is 11.3 Å². The number of Topliss-reactive ketones (excluding diaryl/α,β-unsaturated/α-hetero) is 1. The molecule has 7 heteroatoms. The van der Waals surface area contributed by atoms with E-state index < -0.39 is 17.7 Å². The van der Waals surface area contributed by atoms with Gasteiger partial charge in [-0.2, -0.15) is 0 Å². The number of unbranched alkanes of at least 4 members (excludes halogenated alkanes) is 2. The van der Waals surface area contributed by atoms with Crippen LogP contribution in [0.4, 0.5) is 0 Å². The molecule has 0 radical (unpaired) electrons. The Morgan fingerprint density at radius 2 is 1.72 bits per heavy atom. The van der Waals surface area contributed by atoms with E-state index in [2.05, 4.69) is 6.92 Å². The molecule has 0 aromatic heterocycles. The molecule has 1 N–H and O–H groups in total. The Bertz CT molecular complexity index is 1060. The first-order chi connectivity index (χ1) is 17.4. The zero-order chi connectivity index (χ0) is 26.1. The molecule has 1 atom stereocenters. The Morgan fingerprint density at radius 1 is 0.972 bits per heavy atom. The fourth-order valence-electron chi connectivity index (χ4n) is 4.38. The lowest BCUT2D eigenvalue weighted by Gasteiger charge is -2.26. The summed E-state index contributed by atoms with van der Waals surface area (Å²) < 4.78 is 11.9. The summed E-state index contributed by atoms with van der Waals surface area (Å²) in [6.07, 6.45) is 3.84. The van der Waals surface area contributed by atoms with Crippen LogP contribution in [0, 0.1) is 0 Å². The van der Waals surface area contributed by atoms with Crippen LogP contribution in [0.25, 0.3) is 5.76 Å². The summed E-state index contributed by atoms with van der Waals surface area (Å²) in [4.78, 5) is 30.0. The van der Waals surface area contributed by atoms with Crippen molar-refractivity contribution in [2.24, 2.45) is 0 Å². The zero-order valence-electron chi connectivity index (χ0n) is 21.8. The second-order valence-corrected chi connectivity index (χ2v) is 9.21. The van der Waals surface area contributed by atoms with Crippen molar-refractivity contribution in [3.63, 3.8) is 0 Å². The minimum absolute atomic E-state index is 0.0927. The van der Waals surface area contributed by atoms with E-state index in [1.54, 1.807) is 29.2 Å². The minimum atomic E-state index is -0.722. The molecule has 3 rings (SSSR count). The van der Waals surface area contributed by atoms with Gasteiger partial charge in [-0.1, -0.05) is 56.2 Å². The van der Waals surface area contributed by atoms with Gasteiger partial charge in [0.25, 0.3) is 11.7 Å². The monoisotopic (exact) mass is 494 g/mol. The highest BCUT2D eigenvalue weighted by atomic mass is 16.5. The first-order valence-corrected chi connectivity index (χ1v) is 12.8. The molecule has 194 valence electrons. The fraction of sp³-hybridized carbons (Fsp3) is 0.448. The third-order valence-corrected chi connectivity index (χ3v) is 6.18. The molecule has 2 aromatic rings. The molecule has 1 aliphatic heterocycles. The van der Waals surface area contributed by atoms with E-state index in [1.807, 2.05) is 50.2 Å². The maximum absolute atomic E-state index is 13.2. The van der Waals surface area contributed by atoms with Crippen LogP contribution in [0.5, 0.6) is 11.5 Å². The van der Waals surface area contributed by atoms with E-state index in [9.17, 15) is 14.7 Å². The van der Waals surface area contributed by atoms with Crippen LogP contribution in [0.2, 0.25) is 0 Å². The third kappa shape index (κ3) is 6.46. The quantitative estimate of drug-likeness (QED) is 0.182. The number of likely N-dealkylation sites (tertiary alicyclic amines) is 1. The molecule has 1 unspecified atom stereocenters. The summed E-state index contributed by atoms with van der Waals surface area (Å²) in [5, 5.41) is 11.2. The summed E-state index contributed by atoms with van der Waals surface area (Å²) in [6.45, 7) is 6.23. The van der Waals surface area contributed by atoms with Gasteiger partial charge in [0.15, 0.2) is 11.5 Å².